The molecule has 1 unspecified atom stereocenters. The Morgan fingerprint density at radius 1 is 1.16 bits per heavy atom. The van der Waals surface area contributed by atoms with Gasteiger partial charge in [-0.15, -0.1) is 0 Å². The summed E-state index contributed by atoms with van der Waals surface area (Å²) in [6, 6.07) is 13.3. The number of rotatable bonds is 5. The predicted octanol–water partition coefficient (Wildman–Crippen LogP) is 3.63. The van der Waals surface area contributed by atoms with Crippen LogP contribution in [0.5, 0.6) is 5.75 Å². The fourth-order valence-corrected chi connectivity index (χ4v) is 1.98. The van der Waals surface area contributed by atoms with Crippen LogP contribution in [0.25, 0.3) is 0 Å². The molecule has 100 valence electrons. The second-order valence-electron chi connectivity index (χ2n) is 4.17. The lowest BCUT2D eigenvalue weighted by Gasteiger charge is -2.16. The molecule has 2 nitrogen and oxygen atoms in total. The van der Waals surface area contributed by atoms with E-state index in [0.717, 1.165) is 0 Å². The van der Waals surface area contributed by atoms with E-state index >= 15 is 0 Å². The summed E-state index contributed by atoms with van der Waals surface area (Å²) in [7, 11) is 0. The lowest BCUT2D eigenvalue weighted by atomic mass is 10.0. The first-order valence-electron chi connectivity index (χ1n) is 5.94. The minimum atomic E-state index is -0.403. The number of benzene rings is 2. The average molecular weight is 281 g/mol. The van der Waals surface area contributed by atoms with Crippen LogP contribution in [0.4, 0.5) is 4.39 Å². The van der Waals surface area contributed by atoms with Crippen LogP contribution in [0.2, 0.25) is 5.02 Å². The summed E-state index contributed by atoms with van der Waals surface area (Å²) in [6.45, 7) is 0.0132. The molecule has 19 heavy (non-hydrogen) atoms. The van der Waals surface area contributed by atoms with Crippen molar-refractivity contribution >= 4 is 11.6 Å². The van der Waals surface area contributed by atoms with E-state index in [4.69, 9.17) is 16.3 Å². The molecule has 0 fully saturated rings. The zero-order chi connectivity index (χ0) is 13.7. The lowest BCUT2D eigenvalue weighted by molar-refractivity contribution is 0.202. The Bertz CT molecular complexity index is 545. The second-order valence-corrected chi connectivity index (χ2v) is 4.61. The SMILES string of the molecule is OCC(COc1cccc(Cl)c1)c1ccccc1F. The Hall–Kier alpha value is -1.58. The van der Waals surface area contributed by atoms with Crippen LogP contribution in [0, 0.1) is 5.82 Å². The largest absolute Gasteiger partial charge is 0.493 e. The lowest BCUT2D eigenvalue weighted by Crippen LogP contribution is -2.15. The van der Waals surface area contributed by atoms with Gasteiger partial charge in [0.15, 0.2) is 0 Å². The molecule has 2 aromatic rings. The summed E-state index contributed by atoms with van der Waals surface area (Å²) in [5.74, 6) is -0.140. The van der Waals surface area contributed by atoms with E-state index in [-0.39, 0.29) is 19.0 Å². The highest BCUT2D eigenvalue weighted by atomic mass is 35.5. The van der Waals surface area contributed by atoms with Gasteiger partial charge in [0, 0.05) is 10.9 Å². The van der Waals surface area contributed by atoms with Gasteiger partial charge in [-0.1, -0.05) is 35.9 Å². The van der Waals surface area contributed by atoms with Gasteiger partial charge in [-0.25, -0.2) is 4.39 Å². The summed E-state index contributed by atoms with van der Waals surface area (Å²) < 4.78 is 19.2. The van der Waals surface area contributed by atoms with Gasteiger partial charge in [0.1, 0.15) is 11.6 Å². The summed E-state index contributed by atoms with van der Waals surface area (Å²) in [6.07, 6.45) is 0. The standard InChI is InChI=1S/C15H14ClFO2/c16-12-4-3-5-13(8-12)19-10-11(9-18)14-6-1-2-7-15(14)17/h1-8,11,18H,9-10H2. The molecule has 4 heteroatoms. The van der Waals surface area contributed by atoms with Crippen molar-refractivity contribution in [3.8, 4) is 5.75 Å². The summed E-state index contributed by atoms with van der Waals surface area (Å²) in [5.41, 5.74) is 0.451. The maximum atomic E-state index is 13.6. The van der Waals surface area contributed by atoms with Crippen LogP contribution < -0.4 is 4.74 Å². The van der Waals surface area contributed by atoms with Crippen LogP contribution >= 0.6 is 11.6 Å². The van der Waals surface area contributed by atoms with Crippen molar-refractivity contribution in [3.05, 3.63) is 64.9 Å². The number of aliphatic hydroxyl groups is 1. The van der Waals surface area contributed by atoms with Crippen molar-refractivity contribution in [1.82, 2.24) is 0 Å². The first-order valence-corrected chi connectivity index (χ1v) is 6.32. The summed E-state index contributed by atoms with van der Waals surface area (Å²) in [5, 5.41) is 9.94. The third kappa shape index (κ3) is 3.69. The molecule has 1 N–H and O–H groups in total. The van der Waals surface area contributed by atoms with Gasteiger partial charge in [-0.05, 0) is 29.8 Å². The van der Waals surface area contributed by atoms with Gasteiger partial charge in [0.05, 0.1) is 13.2 Å². The third-order valence-electron chi connectivity index (χ3n) is 2.81. The topological polar surface area (TPSA) is 29.5 Å². The Balaban J connectivity index is 2.06. The number of hydrogen-bond acceptors (Lipinski definition) is 2. The van der Waals surface area contributed by atoms with Gasteiger partial charge < -0.3 is 9.84 Å². The molecule has 0 amide bonds. The van der Waals surface area contributed by atoms with Gasteiger partial charge in [0.25, 0.3) is 0 Å². The number of halogens is 2. The molecule has 0 bridgehead atoms. The maximum absolute atomic E-state index is 13.6. The molecule has 0 heterocycles. The van der Waals surface area contributed by atoms with E-state index in [0.29, 0.717) is 16.3 Å². The van der Waals surface area contributed by atoms with Crippen molar-refractivity contribution in [2.45, 2.75) is 5.92 Å². The molecule has 2 rings (SSSR count). The number of ether oxygens (including phenoxy) is 1. The molecule has 0 saturated heterocycles. The van der Waals surface area contributed by atoms with Gasteiger partial charge in [-0.2, -0.15) is 0 Å². The molecule has 0 aromatic heterocycles. The average Bonchev–Trinajstić information content (AvgIpc) is 2.41. The van der Waals surface area contributed by atoms with Gasteiger partial charge >= 0.3 is 0 Å². The van der Waals surface area contributed by atoms with Crippen molar-refractivity contribution in [2.24, 2.45) is 0 Å². The Morgan fingerprint density at radius 3 is 2.63 bits per heavy atom. The normalized spacial score (nSPS) is 12.2. The van der Waals surface area contributed by atoms with Crippen molar-refractivity contribution in [2.75, 3.05) is 13.2 Å². The fourth-order valence-electron chi connectivity index (χ4n) is 1.80. The minimum Gasteiger partial charge on any atom is -0.493 e. The molecule has 0 radical (unpaired) electrons. The number of hydrogen-bond donors (Lipinski definition) is 1. The zero-order valence-corrected chi connectivity index (χ0v) is 11.0. The van der Waals surface area contributed by atoms with E-state index < -0.39 is 5.92 Å². The molecule has 1 atom stereocenters. The Morgan fingerprint density at radius 2 is 1.95 bits per heavy atom. The Labute approximate surface area is 116 Å². The molecule has 0 aliphatic heterocycles. The summed E-state index contributed by atoms with van der Waals surface area (Å²) in [4.78, 5) is 0. The van der Waals surface area contributed by atoms with E-state index in [9.17, 15) is 9.50 Å². The van der Waals surface area contributed by atoms with E-state index in [1.165, 1.54) is 6.07 Å². The molecule has 0 aliphatic rings. The van der Waals surface area contributed by atoms with Crippen molar-refractivity contribution in [1.29, 1.82) is 0 Å². The zero-order valence-electron chi connectivity index (χ0n) is 10.2. The van der Waals surface area contributed by atoms with E-state index in [1.807, 2.05) is 0 Å². The molecular weight excluding hydrogens is 267 g/mol. The van der Waals surface area contributed by atoms with Crippen LogP contribution in [0.1, 0.15) is 11.5 Å². The quantitative estimate of drug-likeness (QED) is 0.906. The van der Waals surface area contributed by atoms with Crippen molar-refractivity contribution in [3.63, 3.8) is 0 Å². The van der Waals surface area contributed by atoms with Gasteiger partial charge in [0.2, 0.25) is 0 Å². The highest BCUT2D eigenvalue weighted by molar-refractivity contribution is 6.30. The molecule has 0 aliphatic carbocycles. The predicted molar refractivity (Wildman–Crippen MR) is 73.2 cm³/mol. The first-order chi connectivity index (χ1) is 9.20. The van der Waals surface area contributed by atoms with Crippen LogP contribution in [-0.4, -0.2) is 18.3 Å². The second kappa shape index (κ2) is 6.55. The molecule has 2 aromatic carbocycles. The number of aliphatic hydroxyl groups excluding tert-OH is 1. The van der Waals surface area contributed by atoms with Crippen molar-refractivity contribution < 1.29 is 14.2 Å². The first kappa shape index (κ1) is 13.8. The van der Waals surface area contributed by atoms with Crippen LogP contribution in [0.15, 0.2) is 48.5 Å². The third-order valence-corrected chi connectivity index (χ3v) is 3.05. The maximum Gasteiger partial charge on any atom is 0.126 e. The molecule has 0 spiro atoms. The minimum absolute atomic E-state index is 0.179. The van der Waals surface area contributed by atoms with Gasteiger partial charge in [-0.3, -0.25) is 0 Å². The highest BCUT2D eigenvalue weighted by Gasteiger charge is 2.15. The molecule has 0 saturated carbocycles. The molecular formula is C15H14ClFO2. The monoisotopic (exact) mass is 280 g/mol. The smallest absolute Gasteiger partial charge is 0.126 e. The Kier molecular flexibility index (Phi) is 4.77. The van der Waals surface area contributed by atoms with Crippen LogP contribution in [0.3, 0.4) is 0 Å². The highest BCUT2D eigenvalue weighted by Crippen LogP contribution is 2.22. The van der Waals surface area contributed by atoms with E-state index in [1.54, 1.807) is 42.5 Å². The van der Waals surface area contributed by atoms with Crippen LogP contribution in [-0.2, 0) is 0 Å². The van der Waals surface area contributed by atoms with E-state index in [2.05, 4.69) is 0 Å². The summed E-state index contributed by atoms with van der Waals surface area (Å²) >= 11 is 5.85. The fraction of sp³-hybridized carbons (Fsp3) is 0.200.